The van der Waals surface area contributed by atoms with E-state index in [1.807, 2.05) is 121 Å². The Balaban J connectivity index is 2.12. The Morgan fingerprint density at radius 3 is 1.10 bits per heavy atom. The molecule has 4 aromatic carbocycles. The van der Waals surface area contributed by atoms with Gasteiger partial charge in [0.25, 0.3) is 0 Å². The van der Waals surface area contributed by atoms with Crippen LogP contribution in [-0.4, -0.2) is 25.2 Å². The Labute approximate surface area is 244 Å². The van der Waals surface area contributed by atoms with Gasteiger partial charge >= 0.3 is 11.9 Å². The summed E-state index contributed by atoms with van der Waals surface area (Å²) in [4.78, 5) is 30.9. The van der Waals surface area contributed by atoms with Crippen LogP contribution in [0.15, 0.2) is 142 Å². The van der Waals surface area contributed by atoms with Gasteiger partial charge in [0.05, 0.1) is 24.4 Å². The zero-order chi connectivity index (χ0) is 28.2. The van der Waals surface area contributed by atoms with Crippen LogP contribution in [0.5, 0.6) is 0 Å². The maximum absolute atomic E-state index is 13.9. The number of rotatable bonds is 11. The second-order valence-electron chi connectivity index (χ2n) is 8.41. The molecule has 0 aliphatic heterocycles. The quantitative estimate of drug-likeness (QED) is 0.0785. The van der Waals surface area contributed by atoms with Crippen LogP contribution in [0.4, 0.5) is 0 Å². The van der Waals surface area contributed by atoms with E-state index >= 15 is 0 Å². The van der Waals surface area contributed by atoms with Crippen molar-refractivity contribution in [2.45, 2.75) is 23.6 Å². The van der Waals surface area contributed by atoms with E-state index in [1.54, 1.807) is 13.8 Å². The predicted octanol–water partition coefficient (Wildman–Crippen LogP) is 8.52. The van der Waals surface area contributed by atoms with Gasteiger partial charge in [0.15, 0.2) is 0 Å². The molecule has 0 bridgehead atoms. The fourth-order valence-corrected chi connectivity index (χ4v) is 6.06. The minimum atomic E-state index is -0.588. The van der Waals surface area contributed by atoms with Crippen molar-refractivity contribution < 1.29 is 19.1 Å². The maximum atomic E-state index is 13.9. The van der Waals surface area contributed by atoms with Gasteiger partial charge in [-0.3, -0.25) is 0 Å². The summed E-state index contributed by atoms with van der Waals surface area (Å²) in [7, 11) is 0. The molecule has 4 nitrogen and oxygen atoms in total. The number of carbonyl (C=O) groups is 2. The molecule has 0 N–H and O–H groups in total. The largest absolute Gasteiger partial charge is 0.462 e. The lowest BCUT2D eigenvalue weighted by Gasteiger charge is -2.20. The Morgan fingerprint density at radius 2 is 0.800 bits per heavy atom. The van der Waals surface area contributed by atoms with Crippen molar-refractivity contribution in [3.05, 3.63) is 144 Å². The summed E-state index contributed by atoms with van der Waals surface area (Å²) in [6, 6.07) is 38.7. The van der Waals surface area contributed by atoms with Gasteiger partial charge in [-0.25, -0.2) is 9.59 Å². The molecule has 0 aliphatic rings. The smallest absolute Gasteiger partial charge is 0.340 e. The monoisotopic (exact) mass is 566 g/mol. The molecule has 0 saturated heterocycles. The normalized spacial score (nSPS) is 12.2. The highest BCUT2D eigenvalue weighted by molar-refractivity contribution is 8.09. The summed E-state index contributed by atoms with van der Waals surface area (Å²) in [6.45, 7) is 3.82. The third-order valence-corrected chi connectivity index (χ3v) is 7.97. The molecule has 0 saturated carbocycles. The zero-order valence-corrected chi connectivity index (χ0v) is 24.0. The Kier molecular flexibility index (Phi) is 10.8. The minimum absolute atomic E-state index is 0.156. The van der Waals surface area contributed by atoms with E-state index in [1.165, 1.54) is 23.5 Å². The fraction of sp³-hybridized carbons (Fsp3) is 0.118. The van der Waals surface area contributed by atoms with E-state index in [9.17, 15) is 9.59 Å². The van der Waals surface area contributed by atoms with E-state index in [2.05, 4.69) is 0 Å². The van der Waals surface area contributed by atoms with Crippen LogP contribution in [0.3, 0.4) is 0 Å². The molecule has 0 radical (unpaired) electrons. The molecule has 0 aliphatic carbocycles. The first-order chi connectivity index (χ1) is 19.6. The molecule has 0 fully saturated rings. The molecule has 40 heavy (non-hydrogen) atoms. The summed E-state index contributed by atoms with van der Waals surface area (Å²) >= 11 is 2.83. The highest BCUT2D eigenvalue weighted by atomic mass is 32.2. The number of hydrogen-bond acceptors (Lipinski definition) is 6. The minimum Gasteiger partial charge on any atom is -0.462 e. The second-order valence-corrected chi connectivity index (χ2v) is 10.6. The SMILES string of the molecule is CCOC(=O)C(/C(C(=O)OCC)=C(\Sc1ccccc1)c1ccccc1)=C(/Sc1ccccc1)c1ccccc1. The van der Waals surface area contributed by atoms with E-state index in [-0.39, 0.29) is 24.4 Å². The number of thioether (sulfide) groups is 2. The second kappa shape index (κ2) is 15.0. The molecule has 0 unspecified atom stereocenters. The van der Waals surface area contributed by atoms with Crippen LogP contribution >= 0.6 is 23.5 Å². The van der Waals surface area contributed by atoms with Gasteiger partial charge in [0.1, 0.15) is 0 Å². The molecular weight excluding hydrogens is 537 g/mol. The summed E-state index contributed by atoms with van der Waals surface area (Å²) in [5, 5.41) is 0. The average molecular weight is 567 g/mol. The average Bonchev–Trinajstić information content (AvgIpc) is 3.00. The fourth-order valence-electron chi connectivity index (χ4n) is 3.92. The lowest BCUT2D eigenvalue weighted by molar-refractivity contribution is -0.141. The highest BCUT2D eigenvalue weighted by Crippen LogP contribution is 2.45. The van der Waals surface area contributed by atoms with Gasteiger partial charge in [0.2, 0.25) is 0 Å². The van der Waals surface area contributed by atoms with Crippen molar-refractivity contribution >= 4 is 45.3 Å². The zero-order valence-electron chi connectivity index (χ0n) is 22.4. The third kappa shape index (κ3) is 7.56. The van der Waals surface area contributed by atoms with Crippen molar-refractivity contribution in [3.8, 4) is 0 Å². The van der Waals surface area contributed by atoms with Gasteiger partial charge < -0.3 is 9.47 Å². The molecule has 202 valence electrons. The third-order valence-electron chi connectivity index (χ3n) is 5.66. The van der Waals surface area contributed by atoms with Crippen LogP contribution in [-0.2, 0) is 19.1 Å². The van der Waals surface area contributed by atoms with Crippen LogP contribution < -0.4 is 0 Å². The Bertz CT molecular complexity index is 1350. The highest BCUT2D eigenvalue weighted by Gasteiger charge is 2.32. The van der Waals surface area contributed by atoms with Gasteiger partial charge in [-0.2, -0.15) is 0 Å². The standard InChI is InChI=1S/C34H30O4S2/c1-3-37-33(35)29(31(25-17-9-5-10-18-25)39-27-21-13-7-14-22-27)30(34(36)38-4-2)32(26-19-11-6-12-20-26)40-28-23-15-8-16-24-28/h5-24H,3-4H2,1-2H3/b31-29+,32-30+. The topological polar surface area (TPSA) is 52.6 Å². The van der Waals surface area contributed by atoms with Crippen molar-refractivity contribution in [2.75, 3.05) is 13.2 Å². The van der Waals surface area contributed by atoms with E-state index in [0.29, 0.717) is 9.81 Å². The lowest BCUT2D eigenvalue weighted by Crippen LogP contribution is -2.19. The van der Waals surface area contributed by atoms with Crippen LogP contribution in [0, 0.1) is 0 Å². The number of ether oxygens (including phenoxy) is 2. The van der Waals surface area contributed by atoms with Crippen molar-refractivity contribution in [1.29, 1.82) is 0 Å². The van der Waals surface area contributed by atoms with Gasteiger partial charge in [-0.05, 0) is 49.2 Å². The number of esters is 2. The van der Waals surface area contributed by atoms with E-state index < -0.39 is 11.9 Å². The first-order valence-corrected chi connectivity index (χ1v) is 14.7. The summed E-state index contributed by atoms with van der Waals surface area (Å²) < 4.78 is 11.3. The molecule has 0 amide bonds. The number of carbonyl (C=O) groups excluding carboxylic acids is 2. The molecule has 4 rings (SSSR count). The van der Waals surface area contributed by atoms with E-state index in [0.717, 1.165) is 20.9 Å². The van der Waals surface area contributed by atoms with Crippen molar-refractivity contribution in [1.82, 2.24) is 0 Å². The number of benzene rings is 4. The Hall–Kier alpha value is -4.00. The molecule has 4 aromatic rings. The molecule has 6 heteroatoms. The summed E-state index contributed by atoms with van der Waals surface area (Å²) in [6.07, 6.45) is 0. The number of hydrogen-bond donors (Lipinski definition) is 0. The maximum Gasteiger partial charge on any atom is 0.340 e. The van der Waals surface area contributed by atoms with Crippen molar-refractivity contribution in [3.63, 3.8) is 0 Å². The van der Waals surface area contributed by atoms with E-state index in [4.69, 9.17) is 9.47 Å². The van der Waals surface area contributed by atoms with Gasteiger partial charge in [-0.1, -0.05) is 121 Å². The van der Waals surface area contributed by atoms with Crippen LogP contribution in [0.2, 0.25) is 0 Å². The predicted molar refractivity (Wildman–Crippen MR) is 165 cm³/mol. The first-order valence-electron chi connectivity index (χ1n) is 13.0. The molecule has 0 heterocycles. The van der Waals surface area contributed by atoms with Crippen LogP contribution in [0.25, 0.3) is 9.81 Å². The molecule has 0 spiro atoms. The summed E-state index contributed by atoms with van der Waals surface area (Å²) in [5.41, 5.74) is 1.92. The summed E-state index contributed by atoms with van der Waals surface area (Å²) in [5.74, 6) is -1.18. The van der Waals surface area contributed by atoms with Gasteiger partial charge in [0, 0.05) is 19.6 Å². The molecule has 0 aromatic heterocycles. The van der Waals surface area contributed by atoms with Crippen LogP contribution in [0.1, 0.15) is 25.0 Å². The lowest BCUT2D eigenvalue weighted by atomic mass is 9.99. The Morgan fingerprint density at radius 1 is 0.500 bits per heavy atom. The van der Waals surface area contributed by atoms with Crippen molar-refractivity contribution in [2.24, 2.45) is 0 Å². The van der Waals surface area contributed by atoms with Gasteiger partial charge in [-0.15, -0.1) is 0 Å². The molecule has 0 atom stereocenters. The first kappa shape index (κ1) is 29.0. The molecular formula is C34H30O4S2.